The molecule has 2 aromatic heterocycles. The lowest BCUT2D eigenvalue weighted by atomic mass is 10.2. The number of nitrogen functional groups attached to an aromatic ring is 1. The number of halogens is 1. The lowest BCUT2D eigenvalue weighted by molar-refractivity contribution is 0.623. The van der Waals surface area contributed by atoms with Gasteiger partial charge in [0.25, 0.3) is 0 Å². The highest BCUT2D eigenvalue weighted by Gasteiger charge is 2.18. The van der Waals surface area contributed by atoms with E-state index in [4.69, 9.17) is 10.2 Å². The Labute approximate surface area is 132 Å². The summed E-state index contributed by atoms with van der Waals surface area (Å²) in [4.78, 5) is 7.14. The van der Waals surface area contributed by atoms with Crippen molar-refractivity contribution in [2.24, 2.45) is 0 Å². The van der Waals surface area contributed by atoms with Crippen molar-refractivity contribution in [2.45, 2.75) is 12.2 Å². The van der Waals surface area contributed by atoms with Crippen LogP contribution in [0.15, 0.2) is 27.1 Å². The van der Waals surface area contributed by atoms with Crippen molar-refractivity contribution in [1.29, 1.82) is 0 Å². The lowest BCUT2D eigenvalue weighted by Crippen LogP contribution is -1.96. The third-order valence-corrected chi connectivity index (χ3v) is 6.01. The number of hydrogen-bond donors (Lipinski definition) is 1. The summed E-state index contributed by atoms with van der Waals surface area (Å²) >= 11 is 7.21. The van der Waals surface area contributed by atoms with E-state index in [1.807, 2.05) is 23.9 Å². The fourth-order valence-electron chi connectivity index (χ4n) is 2.38. The number of rotatable bonds is 1. The van der Waals surface area contributed by atoms with Gasteiger partial charge >= 0.3 is 0 Å². The minimum absolute atomic E-state index is 0.616. The molecule has 0 saturated carbocycles. The largest absolute Gasteiger partial charge is 0.433 e. The molecule has 2 N–H and O–H groups in total. The molecule has 0 amide bonds. The molecule has 3 heterocycles. The number of hydrogen-bond acceptors (Lipinski definition) is 5. The van der Waals surface area contributed by atoms with Crippen molar-refractivity contribution < 1.29 is 4.42 Å². The summed E-state index contributed by atoms with van der Waals surface area (Å²) in [6.45, 7) is 0. The highest BCUT2D eigenvalue weighted by Crippen LogP contribution is 2.38. The van der Waals surface area contributed by atoms with Gasteiger partial charge < -0.3 is 10.2 Å². The molecule has 0 bridgehead atoms. The van der Waals surface area contributed by atoms with Crippen molar-refractivity contribution in [3.63, 3.8) is 0 Å². The van der Waals surface area contributed by atoms with Gasteiger partial charge in [0, 0.05) is 15.1 Å². The van der Waals surface area contributed by atoms with E-state index < -0.39 is 0 Å². The second kappa shape index (κ2) is 4.79. The molecular weight excluding hydrogens is 356 g/mol. The fourth-order valence-corrected chi connectivity index (χ4v) is 5.14. The van der Waals surface area contributed by atoms with Crippen molar-refractivity contribution >= 4 is 55.8 Å². The molecule has 0 radical (unpaired) electrons. The molecule has 0 saturated heterocycles. The monoisotopic (exact) mass is 366 g/mol. The van der Waals surface area contributed by atoms with Crippen LogP contribution in [-0.4, -0.2) is 10.7 Å². The number of nitrogens with zero attached hydrogens (tertiary/aromatic N) is 1. The molecular formula is C14H11BrN2OS2. The van der Waals surface area contributed by atoms with Crippen LogP contribution in [0.3, 0.4) is 0 Å². The molecule has 0 atom stereocenters. The lowest BCUT2D eigenvalue weighted by Gasteiger charge is -2.08. The van der Waals surface area contributed by atoms with Crippen molar-refractivity contribution in [3.05, 3.63) is 33.1 Å². The number of benzene rings is 1. The van der Waals surface area contributed by atoms with Gasteiger partial charge in [-0.3, -0.25) is 0 Å². The first-order valence-corrected chi connectivity index (χ1v) is 9.02. The van der Waals surface area contributed by atoms with E-state index in [-0.39, 0.29) is 0 Å². The zero-order valence-corrected chi connectivity index (χ0v) is 13.7. The number of aromatic nitrogens is 1. The van der Waals surface area contributed by atoms with Crippen LogP contribution in [0.5, 0.6) is 0 Å². The number of nitrogens with two attached hydrogens (primary N) is 1. The van der Waals surface area contributed by atoms with Crippen LogP contribution >= 0.6 is 39.0 Å². The van der Waals surface area contributed by atoms with Crippen LogP contribution < -0.4 is 5.73 Å². The molecule has 0 spiro atoms. The molecule has 20 heavy (non-hydrogen) atoms. The highest BCUT2D eigenvalue weighted by atomic mass is 79.9. The Morgan fingerprint density at radius 2 is 2.20 bits per heavy atom. The molecule has 0 fully saturated rings. The van der Waals surface area contributed by atoms with Gasteiger partial charge in [-0.15, -0.1) is 11.3 Å². The van der Waals surface area contributed by atoms with E-state index in [1.165, 1.54) is 16.2 Å². The predicted molar refractivity (Wildman–Crippen MR) is 89.3 cm³/mol. The van der Waals surface area contributed by atoms with Gasteiger partial charge in [0.1, 0.15) is 5.52 Å². The van der Waals surface area contributed by atoms with E-state index >= 15 is 0 Å². The Bertz CT molecular complexity index is 785. The van der Waals surface area contributed by atoms with Gasteiger partial charge in [-0.05, 0) is 35.9 Å². The summed E-state index contributed by atoms with van der Waals surface area (Å²) in [5.74, 6) is 2.98. The Morgan fingerprint density at radius 1 is 1.30 bits per heavy atom. The van der Waals surface area contributed by atoms with E-state index in [9.17, 15) is 0 Å². The minimum Gasteiger partial charge on any atom is -0.433 e. The predicted octanol–water partition coefficient (Wildman–Crippen LogP) is 4.69. The van der Waals surface area contributed by atoms with Crippen LogP contribution in [0.2, 0.25) is 0 Å². The summed E-state index contributed by atoms with van der Waals surface area (Å²) < 4.78 is 6.78. The maximum absolute atomic E-state index is 5.98. The van der Waals surface area contributed by atoms with Gasteiger partial charge in [0.2, 0.25) is 5.89 Å². The van der Waals surface area contributed by atoms with Crippen LogP contribution in [0.4, 0.5) is 5.69 Å². The zero-order chi connectivity index (χ0) is 13.7. The van der Waals surface area contributed by atoms with Crippen LogP contribution in [0, 0.1) is 0 Å². The topological polar surface area (TPSA) is 52.0 Å². The third kappa shape index (κ3) is 2.06. The summed E-state index contributed by atoms with van der Waals surface area (Å²) in [5, 5.41) is 0. The quantitative estimate of drug-likeness (QED) is 0.634. The van der Waals surface area contributed by atoms with Gasteiger partial charge in [-0.1, -0.05) is 15.9 Å². The summed E-state index contributed by atoms with van der Waals surface area (Å²) in [7, 11) is 0. The van der Waals surface area contributed by atoms with Crippen LogP contribution in [0.1, 0.15) is 10.4 Å². The van der Waals surface area contributed by atoms with Gasteiger partial charge in [-0.25, -0.2) is 4.98 Å². The van der Waals surface area contributed by atoms with Crippen LogP contribution in [0.25, 0.3) is 21.9 Å². The average Bonchev–Trinajstić information content (AvgIpc) is 3.01. The third-order valence-electron chi connectivity index (χ3n) is 3.32. The second-order valence-corrected chi connectivity index (χ2v) is 7.88. The molecule has 3 nitrogen and oxygen atoms in total. The molecule has 102 valence electrons. The number of thiophene rings is 1. The van der Waals surface area contributed by atoms with E-state index in [1.54, 1.807) is 11.3 Å². The Kier molecular flexibility index (Phi) is 3.05. The Hall–Kier alpha value is -0.980. The maximum atomic E-state index is 5.98. The summed E-state index contributed by atoms with van der Waals surface area (Å²) in [5.41, 5.74) is 9.50. The average molecular weight is 367 g/mol. The standard InChI is InChI=1S/C14H11BrN2OS2/c15-8-4-9(16)13-10(5-8)17-14(18-13)12-3-7-6-19-2-1-11(7)20-12/h3-5H,1-2,6,16H2. The molecule has 1 aliphatic rings. The molecule has 4 rings (SSSR count). The van der Waals surface area contributed by atoms with Crippen molar-refractivity contribution in [3.8, 4) is 10.8 Å². The molecule has 0 unspecified atom stereocenters. The maximum Gasteiger partial charge on any atom is 0.237 e. The van der Waals surface area contributed by atoms with E-state index in [0.29, 0.717) is 17.2 Å². The van der Waals surface area contributed by atoms with E-state index in [0.717, 1.165) is 27.0 Å². The Balaban J connectivity index is 1.85. The first-order chi connectivity index (χ1) is 9.70. The molecule has 6 heteroatoms. The summed E-state index contributed by atoms with van der Waals surface area (Å²) in [6.07, 6.45) is 1.15. The molecule has 3 aromatic rings. The van der Waals surface area contributed by atoms with E-state index in [2.05, 4.69) is 27.0 Å². The molecule has 0 aliphatic carbocycles. The van der Waals surface area contributed by atoms with Gasteiger partial charge in [0.05, 0.1) is 10.6 Å². The number of aryl methyl sites for hydroxylation is 1. The molecule has 1 aromatic carbocycles. The number of fused-ring (bicyclic) bond motifs is 2. The number of oxazole rings is 1. The Morgan fingerprint density at radius 3 is 3.05 bits per heavy atom. The summed E-state index contributed by atoms with van der Waals surface area (Å²) in [6, 6.07) is 5.98. The van der Waals surface area contributed by atoms with Crippen LogP contribution in [-0.2, 0) is 12.2 Å². The van der Waals surface area contributed by atoms with Gasteiger partial charge in [-0.2, -0.15) is 11.8 Å². The first-order valence-electron chi connectivity index (χ1n) is 6.26. The zero-order valence-electron chi connectivity index (χ0n) is 10.5. The SMILES string of the molecule is Nc1cc(Br)cc2nc(-c3cc4c(s3)CCSC4)oc12. The minimum atomic E-state index is 0.616. The number of thioether (sulfide) groups is 1. The molecule has 1 aliphatic heterocycles. The smallest absolute Gasteiger partial charge is 0.237 e. The highest BCUT2D eigenvalue weighted by molar-refractivity contribution is 9.10. The normalized spacial score (nSPS) is 14.7. The number of anilines is 1. The van der Waals surface area contributed by atoms with Gasteiger partial charge in [0.15, 0.2) is 5.58 Å². The first kappa shape index (κ1) is 12.7. The fraction of sp³-hybridized carbons (Fsp3) is 0.214. The second-order valence-electron chi connectivity index (χ2n) is 4.72. The van der Waals surface area contributed by atoms with Crippen molar-refractivity contribution in [1.82, 2.24) is 4.98 Å². The van der Waals surface area contributed by atoms with Crippen molar-refractivity contribution in [2.75, 3.05) is 11.5 Å².